The standard InChI is InChI=1S/C39H25N3S/c1-4-11-26(12-5-1)29-17-10-18-31(23-29)38-40-37(28-15-8-3-9-16-28)41-39(42-38)32-19-21-33-34-24-30(27-13-6-2-7-14-27)20-22-35(34)43-36(33)25-32/h1-25H. The number of thiophene rings is 1. The third kappa shape index (κ3) is 4.88. The molecule has 0 atom stereocenters. The van der Waals surface area contributed by atoms with E-state index in [9.17, 15) is 0 Å². The minimum Gasteiger partial charge on any atom is -0.208 e. The van der Waals surface area contributed by atoms with Crippen molar-refractivity contribution in [3.05, 3.63) is 152 Å². The highest BCUT2D eigenvalue weighted by molar-refractivity contribution is 7.25. The molecule has 0 unspecified atom stereocenters. The number of benzene rings is 6. The van der Waals surface area contributed by atoms with E-state index >= 15 is 0 Å². The van der Waals surface area contributed by atoms with Gasteiger partial charge in [-0.15, -0.1) is 11.3 Å². The predicted octanol–water partition coefficient (Wildman–Crippen LogP) is 10.6. The third-order valence-electron chi connectivity index (χ3n) is 7.73. The van der Waals surface area contributed by atoms with E-state index in [1.54, 1.807) is 11.3 Å². The second-order valence-electron chi connectivity index (χ2n) is 10.5. The van der Waals surface area contributed by atoms with E-state index in [2.05, 4.69) is 115 Å². The van der Waals surface area contributed by atoms with Crippen LogP contribution < -0.4 is 0 Å². The second kappa shape index (κ2) is 10.8. The lowest BCUT2D eigenvalue weighted by molar-refractivity contribution is 1.07. The fourth-order valence-electron chi connectivity index (χ4n) is 5.55. The molecule has 0 bridgehead atoms. The maximum atomic E-state index is 5.03. The van der Waals surface area contributed by atoms with Crippen LogP contribution in [0.25, 0.3) is 76.6 Å². The smallest absolute Gasteiger partial charge is 0.164 e. The number of fused-ring (bicyclic) bond motifs is 3. The molecule has 0 saturated carbocycles. The summed E-state index contributed by atoms with van der Waals surface area (Å²) >= 11 is 1.80. The van der Waals surface area contributed by atoms with Gasteiger partial charge in [0.15, 0.2) is 17.5 Å². The Morgan fingerprint density at radius 2 is 0.791 bits per heavy atom. The summed E-state index contributed by atoms with van der Waals surface area (Å²) in [6.07, 6.45) is 0. The Balaban J connectivity index is 1.26. The molecule has 0 amide bonds. The van der Waals surface area contributed by atoms with E-state index in [0.717, 1.165) is 27.8 Å². The number of aromatic nitrogens is 3. The van der Waals surface area contributed by atoms with Crippen molar-refractivity contribution in [2.75, 3.05) is 0 Å². The summed E-state index contributed by atoms with van der Waals surface area (Å²) in [6.45, 7) is 0. The number of hydrogen-bond acceptors (Lipinski definition) is 4. The molecule has 0 radical (unpaired) electrons. The SMILES string of the molecule is c1ccc(-c2cccc(-c3nc(-c4ccccc4)nc(-c4ccc5c(c4)sc4ccc(-c6ccccc6)cc45)n3)c2)cc1. The maximum Gasteiger partial charge on any atom is 0.164 e. The molecular weight excluding hydrogens is 543 g/mol. The lowest BCUT2D eigenvalue weighted by Crippen LogP contribution is -2.00. The molecule has 43 heavy (non-hydrogen) atoms. The highest BCUT2D eigenvalue weighted by Crippen LogP contribution is 2.38. The van der Waals surface area contributed by atoms with Gasteiger partial charge in [0.05, 0.1) is 0 Å². The summed E-state index contributed by atoms with van der Waals surface area (Å²) in [6, 6.07) is 52.8. The third-order valence-corrected chi connectivity index (χ3v) is 8.87. The summed E-state index contributed by atoms with van der Waals surface area (Å²) in [5, 5.41) is 2.52. The molecule has 2 heterocycles. The van der Waals surface area contributed by atoms with Crippen LogP contribution in [0.1, 0.15) is 0 Å². The molecule has 0 aliphatic heterocycles. The lowest BCUT2D eigenvalue weighted by atomic mass is 10.0. The van der Waals surface area contributed by atoms with Crippen LogP contribution in [-0.2, 0) is 0 Å². The molecule has 8 aromatic rings. The largest absolute Gasteiger partial charge is 0.208 e. The minimum absolute atomic E-state index is 0.658. The topological polar surface area (TPSA) is 38.7 Å². The zero-order valence-electron chi connectivity index (χ0n) is 23.2. The molecule has 0 fully saturated rings. The Hall–Kier alpha value is -5.45. The summed E-state index contributed by atoms with van der Waals surface area (Å²) in [7, 11) is 0. The first kappa shape index (κ1) is 25.3. The van der Waals surface area contributed by atoms with Crippen molar-refractivity contribution in [3.63, 3.8) is 0 Å². The van der Waals surface area contributed by atoms with Gasteiger partial charge < -0.3 is 0 Å². The molecule has 4 heteroatoms. The first-order chi connectivity index (χ1) is 21.3. The highest BCUT2D eigenvalue weighted by Gasteiger charge is 2.15. The molecule has 0 saturated heterocycles. The Kier molecular flexibility index (Phi) is 6.32. The molecule has 2 aromatic heterocycles. The van der Waals surface area contributed by atoms with Crippen molar-refractivity contribution in [2.45, 2.75) is 0 Å². The van der Waals surface area contributed by atoms with E-state index in [1.807, 2.05) is 36.4 Å². The summed E-state index contributed by atoms with van der Waals surface area (Å²) in [5.41, 5.74) is 7.63. The van der Waals surface area contributed by atoms with Crippen molar-refractivity contribution >= 4 is 31.5 Å². The Morgan fingerprint density at radius 1 is 0.302 bits per heavy atom. The van der Waals surface area contributed by atoms with Crippen LogP contribution in [0.5, 0.6) is 0 Å². The Bertz CT molecular complexity index is 2220. The molecule has 0 N–H and O–H groups in total. The lowest BCUT2D eigenvalue weighted by Gasteiger charge is -2.10. The number of rotatable bonds is 5. The fourth-order valence-corrected chi connectivity index (χ4v) is 6.67. The molecule has 6 aromatic carbocycles. The minimum atomic E-state index is 0.658. The average Bonchev–Trinajstić information content (AvgIpc) is 3.46. The van der Waals surface area contributed by atoms with Crippen molar-refractivity contribution in [3.8, 4) is 56.4 Å². The van der Waals surface area contributed by atoms with Gasteiger partial charge in [0.2, 0.25) is 0 Å². The van der Waals surface area contributed by atoms with E-state index < -0.39 is 0 Å². The van der Waals surface area contributed by atoms with Crippen molar-refractivity contribution in [1.29, 1.82) is 0 Å². The van der Waals surface area contributed by atoms with Crippen LogP contribution in [0.2, 0.25) is 0 Å². The number of hydrogen-bond donors (Lipinski definition) is 0. The molecule has 0 aliphatic rings. The van der Waals surface area contributed by atoms with Gasteiger partial charge in [0.25, 0.3) is 0 Å². The molecule has 0 aliphatic carbocycles. The second-order valence-corrected chi connectivity index (χ2v) is 11.6. The van der Waals surface area contributed by atoms with E-state index in [0.29, 0.717) is 17.5 Å². The van der Waals surface area contributed by atoms with Crippen molar-refractivity contribution in [2.24, 2.45) is 0 Å². The molecule has 8 rings (SSSR count). The van der Waals surface area contributed by atoms with Crippen molar-refractivity contribution in [1.82, 2.24) is 15.0 Å². The van der Waals surface area contributed by atoms with E-state index in [-0.39, 0.29) is 0 Å². The van der Waals surface area contributed by atoms with Gasteiger partial charge in [-0.1, -0.05) is 127 Å². The average molecular weight is 568 g/mol. The monoisotopic (exact) mass is 567 g/mol. The van der Waals surface area contributed by atoms with Crippen LogP contribution in [0.15, 0.2) is 152 Å². The van der Waals surface area contributed by atoms with Gasteiger partial charge in [0.1, 0.15) is 0 Å². The van der Waals surface area contributed by atoms with Crippen LogP contribution in [0.4, 0.5) is 0 Å². The molecule has 0 spiro atoms. The van der Waals surface area contributed by atoms with Crippen molar-refractivity contribution < 1.29 is 0 Å². The summed E-state index contributed by atoms with van der Waals surface area (Å²) < 4.78 is 2.48. The molecule has 3 nitrogen and oxygen atoms in total. The quantitative estimate of drug-likeness (QED) is 0.208. The van der Waals surface area contributed by atoms with Gasteiger partial charge >= 0.3 is 0 Å². The maximum absolute atomic E-state index is 5.03. The van der Waals surface area contributed by atoms with Crippen LogP contribution >= 0.6 is 11.3 Å². The predicted molar refractivity (Wildman–Crippen MR) is 180 cm³/mol. The van der Waals surface area contributed by atoms with Crippen LogP contribution in [0.3, 0.4) is 0 Å². The van der Waals surface area contributed by atoms with Crippen LogP contribution in [0, 0.1) is 0 Å². The van der Waals surface area contributed by atoms with E-state index in [4.69, 9.17) is 15.0 Å². The highest BCUT2D eigenvalue weighted by atomic mass is 32.1. The first-order valence-corrected chi connectivity index (χ1v) is 15.1. The van der Waals surface area contributed by atoms with E-state index in [1.165, 1.54) is 31.3 Å². The first-order valence-electron chi connectivity index (χ1n) is 14.3. The molecule has 202 valence electrons. The van der Waals surface area contributed by atoms with Crippen LogP contribution in [-0.4, -0.2) is 15.0 Å². The fraction of sp³-hybridized carbons (Fsp3) is 0. The number of nitrogens with zero attached hydrogens (tertiary/aromatic N) is 3. The Morgan fingerprint density at radius 3 is 1.44 bits per heavy atom. The molecular formula is C39H25N3S. The summed E-state index contributed by atoms with van der Waals surface area (Å²) in [4.78, 5) is 15.0. The zero-order chi connectivity index (χ0) is 28.6. The van der Waals surface area contributed by atoms with Gasteiger partial charge in [-0.25, -0.2) is 15.0 Å². The Labute approximate surface area is 253 Å². The summed E-state index contributed by atoms with van der Waals surface area (Å²) in [5.74, 6) is 1.98. The normalized spacial score (nSPS) is 11.3. The van der Waals surface area contributed by atoms with Gasteiger partial charge in [-0.3, -0.25) is 0 Å². The van der Waals surface area contributed by atoms with Gasteiger partial charge in [0, 0.05) is 36.9 Å². The zero-order valence-corrected chi connectivity index (χ0v) is 24.0. The van der Waals surface area contributed by atoms with Gasteiger partial charge in [-0.05, 0) is 46.5 Å². The van der Waals surface area contributed by atoms with Gasteiger partial charge in [-0.2, -0.15) is 0 Å².